The van der Waals surface area contributed by atoms with Crippen LogP contribution in [0.5, 0.6) is 0 Å². The Morgan fingerprint density at radius 1 is 1.52 bits per heavy atom. The molecule has 1 heterocycles. The van der Waals surface area contributed by atoms with Crippen LogP contribution >= 0.6 is 27.3 Å². The Morgan fingerprint density at radius 3 is 3.10 bits per heavy atom. The van der Waals surface area contributed by atoms with E-state index in [-0.39, 0.29) is 5.82 Å². The van der Waals surface area contributed by atoms with Crippen molar-refractivity contribution in [3.05, 3.63) is 39.1 Å². The highest BCUT2D eigenvalue weighted by atomic mass is 79.9. The number of aromatic nitrogens is 1. The number of hydrogen-bond acceptors (Lipinski definition) is 4. The van der Waals surface area contributed by atoms with Crippen molar-refractivity contribution in [3.8, 4) is 0 Å². The monoisotopic (exact) mass is 370 g/mol. The van der Waals surface area contributed by atoms with Gasteiger partial charge in [0, 0.05) is 9.35 Å². The Kier molecular flexibility index (Phi) is 3.95. The van der Waals surface area contributed by atoms with Crippen LogP contribution in [0.15, 0.2) is 22.7 Å². The maximum Gasteiger partial charge on any atom is 0.312 e. The first-order chi connectivity index (χ1) is 10.0. The van der Waals surface area contributed by atoms with Crippen molar-refractivity contribution in [2.45, 2.75) is 25.2 Å². The summed E-state index contributed by atoms with van der Waals surface area (Å²) in [7, 11) is 0. The van der Waals surface area contributed by atoms with Gasteiger partial charge in [-0.3, -0.25) is 4.79 Å². The van der Waals surface area contributed by atoms with Crippen molar-refractivity contribution >= 4 is 44.1 Å². The molecule has 7 heteroatoms. The summed E-state index contributed by atoms with van der Waals surface area (Å²) in [4.78, 5) is 16.7. The maximum absolute atomic E-state index is 13.3. The normalized spacial score (nSPS) is 17.3. The number of benzene rings is 1. The van der Waals surface area contributed by atoms with E-state index in [0.29, 0.717) is 22.9 Å². The van der Waals surface area contributed by atoms with Gasteiger partial charge in [-0.15, -0.1) is 11.3 Å². The molecule has 2 N–H and O–H groups in total. The van der Waals surface area contributed by atoms with Gasteiger partial charge in [0.25, 0.3) is 0 Å². The lowest BCUT2D eigenvalue weighted by Crippen LogP contribution is -2.17. The number of rotatable bonds is 3. The Labute approximate surface area is 133 Å². The number of halogens is 2. The predicted molar refractivity (Wildman–Crippen MR) is 82.8 cm³/mol. The molecule has 4 nitrogen and oxygen atoms in total. The Hall–Kier alpha value is -1.47. The van der Waals surface area contributed by atoms with Gasteiger partial charge < -0.3 is 10.4 Å². The first-order valence-corrected chi connectivity index (χ1v) is 8.10. The fourth-order valence-corrected chi connectivity index (χ4v) is 3.84. The van der Waals surface area contributed by atoms with Crippen LogP contribution in [0.4, 0.5) is 15.2 Å². The minimum Gasteiger partial charge on any atom is -0.481 e. The lowest BCUT2D eigenvalue weighted by atomic mass is 9.91. The first-order valence-electron chi connectivity index (χ1n) is 6.49. The van der Waals surface area contributed by atoms with Crippen LogP contribution < -0.4 is 5.32 Å². The largest absolute Gasteiger partial charge is 0.481 e. The molecule has 0 bridgehead atoms. The summed E-state index contributed by atoms with van der Waals surface area (Å²) in [5, 5.41) is 12.9. The van der Waals surface area contributed by atoms with Gasteiger partial charge in [-0.25, -0.2) is 9.37 Å². The Bertz CT molecular complexity index is 704. The highest BCUT2D eigenvalue weighted by molar-refractivity contribution is 9.10. The number of carboxylic acids is 1. The number of aryl methyl sites for hydroxylation is 1. The van der Waals surface area contributed by atoms with E-state index in [2.05, 4.69) is 26.2 Å². The van der Waals surface area contributed by atoms with Crippen LogP contribution in [0.2, 0.25) is 0 Å². The van der Waals surface area contributed by atoms with Gasteiger partial charge in [0.2, 0.25) is 0 Å². The SMILES string of the molecule is O=C(O)C1CCCc2sc(Nc3cc(F)ccc3Br)nc21. The van der Waals surface area contributed by atoms with Gasteiger partial charge in [-0.2, -0.15) is 0 Å². The number of nitrogens with zero attached hydrogens (tertiary/aromatic N) is 1. The van der Waals surface area contributed by atoms with E-state index in [1.165, 1.54) is 23.5 Å². The molecule has 0 spiro atoms. The highest BCUT2D eigenvalue weighted by Crippen LogP contribution is 2.38. The lowest BCUT2D eigenvalue weighted by molar-refractivity contribution is -0.139. The summed E-state index contributed by atoms with van der Waals surface area (Å²) in [6, 6.07) is 4.35. The van der Waals surface area contributed by atoms with E-state index in [1.807, 2.05) is 0 Å². The molecule has 0 fully saturated rings. The molecule has 0 aliphatic heterocycles. The lowest BCUT2D eigenvalue weighted by Gasteiger charge is -2.16. The van der Waals surface area contributed by atoms with E-state index < -0.39 is 11.9 Å². The van der Waals surface area contributed by atoms with Crippen molar-refractivity contribution in [1.82, 2.24) is 4.98 Å². The number of nitrogens with one attached hydrogen (secondary N) is 1. The number of anilines is 2. The zero-order chi connectivity index (χ0) is 15.0. The third-order valence-corrected chi connectivity index (χ3v) is 5.16. The molecule has 0 saturated carbocycles. The predicted octanol–water partition coefficient (Wildman–Crippen LogP) is 4.29. The van der Waals surface area contributed by atoms with Crippen LogP contribution in [0.3, 0.4) is 0 Å². The van der Waals surface area contributed by atoms with Crippen molar-refractivity contribution in [1.29, 1.82) is 0 Å². The zero-order valence-corrected chi connectivity index (χ0v) is 13.3. The molecule has 3 rings (SSSR count). The molecule has 110 valence electrons. The number of carboxylic acid groups (broad SMARTS) is 1. The van der Waals surface area contributed by atoms with Gasteiger partial charge in [-0.05, 0) is 53.4 Å². The topological polar surface area (TPSA) is 62.2 Å². The van der Waals surface area contributed by atoms with E-state index in [1.54, 1.807) is 6.07 Å². The minimum atomic E-state index is -0.834. The molecule has 1 unspecified atom stereocenters. The molecule has 0 saturated heterocycles. The number of thiazole rings is 1. The first kappa shape index (κ1) is 14.5. The van der Waals surface area contributed by atoms with Gasteiger partial charge >= 0.3 is 5.97 Å². The molecular weight excluding hydrogens is 359 g/mol. The Balaban J connectivity index is 1.91. The number of fused-ring (bicyclic) bond motifs is 1. The van der Waals surface area contributed by atoms with Crippen LogP contribution in [0, 0.1) is 5.82 Å². The molecule has 21 heavy (non-hydrogen) atoms. The van der Waals surface area contributed by atoms with Gasteiger partial charge in [0.15, 0.2) is 5.13 Å². The summed E-state index contributed by atoms with van der Waals surface area (Å²) in [6.45, 7) is 0. The summed E-state index contributed by atoms with van der Waals surface area (Å²) >= 11 is 4.79. The van der Waals surface area contributed by atoms with Crippen molar-refractivity contribution in [2.24, 2.45) is 0 Å². The van der Waals surface area contributed by atoms with Gasteiger partial charge in [0.1, 0.15) is 11.7 Å². The van der Waals surface area contributed by atoms with Crippen LogP contribution in [0.1, 0.15) is 29.3 Å². The standard InChI is InChI=1S/C14H12BrFN2O2S/c15-9-5-4-7(16)6-10(9)17-14-18-12-8(13(19)20)2-1-3-11(12)21-14/h4-6,8H,1-3H2,(H,17,18)(H,19,20). The molecule has 2 aromatic rings. The van der Waals surface area contributed by atoms with Crippen molar-refractivity contribution < 1.29 is 14.3 Å². The van der Waals surface area contributed by atoms with Crippen LogP contribution in [-0.4, -0.2) is 16.1 Å². The van der Waals surface area contributed by atoms with Crippen molar-refractivity contribution in [3.63, 3.8) is 0 Å². The summed E-state index contributed by atoms with van der Waals surface area (Å²) in [6.07, 6.45) is 2.33. The van der Waals surface area contributed by atoms with Crippen molar-refractivity contribution in [2.75, 3.05) is 5.32 Å². The smallest absolute Gasteiger partial charge is 0.312 e. The molecule has 1 aliphatic carbocycles. The summed E-state index contributed by atoms with van der Waals surface area (Å²) < 4.78 is 14.0. The van der Waals surface area contributed by atoms with Gasteiger partial charge in [0.05, 0.1) is 11.4 Å². The Morgan fingerprint density at radius 2 is 2.33 bits per heavy atom. The molecule has 0 radical (unpaired) electrons. The minimum absolute atomic E-state index is 0.342. The fourth-order valence-electron chi connectivity index (χ4n) is 2.42. The molecule has 0 amide bonds. The van der Waals surface area contributed by atoms with E-state index in [0.717, 1.165) is 22.2 Å². The van der Waals surface area contributed by atoms with E-state index in [9.17, 15) is 14.3 Å². The van der Waals surface area contributed by atoms with Crippen LogP contribution in [-0.2, 0) is 11.2 Å². The number of carbonyl (C=O) groups is 1. The van der Waals surface area contributed by atoms with Gasteiger partial charge in [-0.1, -0.05) is 0 Å². The molecule has 1 aromatic carbocycles. The third-order valence-electron chi connectivity index (χ3n) is 3.42. The second kappa shape index (κ2) is 5.73. The summed E-state index contributed by atoms with van der Waals surface area (Å²) in [5.41, 5.74) is 1.22. The third kappa shape index (κ3) is 2.94. The zero-order valence-electron chi connectivity index (χ0n) is 10.9. The number of hydrogen-bond donors (Lipinski definition) is 2. The number of aliphatic carboxylic acids is 1. The quantitative estimate of drug-likeness (QED) is 0.845. The average Bonchev–Trinajstić information content (AvgIpc) is 2.84. The molecule has 1 aliphatic rings. The molecular formula is C14H12BrFN2O2S. The molecule has 1 aromatic heterocycles. The summed E-state index contributed by atoms with van der Waals surface area (Å²) in [5.74, 6) is -1.71. The second-order valence-electron chi connectivity index (χ2n) is 4.86. The van der Waals surface area contributed by atoms with E-state index in [4.69, 9.17) is 0 Å². The molecule has 1 atom stereocenters. The van der Waals surface area contributed by atoms with Crippen LogP contribution in [0.25, 0.3) is 0 Å². The fraction of sp³-hybridized carbons (Fsp3) is 0.286. The van der Waals surface area contributed by atoms with E-state index >= 15 is 0 Å². The highest BCUT2D eigenvalue weighted by Gasteiger charge is 2.30. The second-order valence-corrected chi connectivity index (χ2v) is 6.80. The average molecular weight is 371 g/mol. The maximum atomic E-state index is 13.3.